The molecule has 1 aromatic rings. The summed E-state index contributed by atoms with van der Waals surface area (Å²) in [6.45, 7) is 13.2. The summed E-state index contributed by atoms with van der Waals surface area (Å²) in [4.78, 5) is 34.7. The largest absolute Gasteiger partial charge is 0.381 e. The first-order valence-electron chi connectivity index (χ1n) is 13.9. The molecule has 11 heteroatoms. The van der Waals surface area contributed by atoms with Crippen molar-refractivity contribution in [2.45, 2.75) is 70.1 Å². The number of thiazole rings is 1. The van der Waals surface area contributed by atoms with Gasteiger partial charge in [-0.2, -0.15) is 0 Å². The second-order valence-corrected chi connectivity index (χ2v) is 11.5. The Labute approximate surface area is 249 Å². The standard InChI is InChI=1S/C24H35ClN2OS.C2H5NO.CH3NO.CH5N.CH2O/c1-18(17-27-11-3-2-4-12-27)15-20(19-9-13-28-14-10-19)5-8-24-26-22-7-6-21(25)16-23(22)29-24;1-2(3)4;2-1-3;2*1-2/h6-7,19-21H,1-5,8-17H2;1H3,(H2,3,4);1H,(H2,2,3);2H2,1H3;1H2. The van der Waals surface area contributed by atoms with Crippen LogP contribution in [-0.4, -0.2) is 74.3 Å². The summed E-state index contributed by atoms with van der Waals surface area (Å²) < 4.78 is 5.64. The van der Waals surface area contributed by atoms with Gasteiger partial charge in [-0.1, -0.05) is 24.6 Å². The molecule has 2 unspecified atom stereocenters. The maximum atomic E-state index is 9.22. The fourth-order valence-electron chi connectivity index (χ4n) is 5.11. The Kier molecular flexibility index (Phi) is 22.3. The number of ether oxygens (including phenoxy) is 1. The Bertz CT molecular complexity index is 867. The molecule has 6 N–H and O–H groups in total. The minimum absolute atomic E-state index is 0.129. The molecule has 1 aromatic heterocycles. The molecule has 0 aromatic carbocycles. The van der Waals surface area contributed by atoms with Gasteiger partial charge in [-0.3, -0.25) is 14.5 Å². The van der Waals surface area contributed by atoms with Crippen LogP contribution in [0.2, 0.25) is 0 Å². The Hall–Kier alpha value is -2.11. The number of amides is 2. The molecule has 2 saturated heterocycles. The molecular formula is C29H50ClN5O4S. The SMILES string of the molecule is C=C(CC(CCc1nc2c(s1)CC(Cl)C=C2)C1CCOCC1)CN1CCCCC1.C=O.CC(N)=O.CN.NC=O. The number of primary amides is 2. The number of fused-ring (bicyclic) bond motifs is 1. The van der Waals surface area contributed by atoms with Crippen LogP contribution in [0.1, 0.15) is 67.4 Å². The van der Waals surface area contributed by atoms with Crippen LogP contribution < -0.4 is 17.2 Å². The lowest BCUT2D eigenvalue weighted by atomic mass is 9.79. The molecule has 3 aliphatic rings. The lowest BCUT2D eigenvalue weighted by Gasteiger charge is -2.33. The quantitative estimate of drug-likeness (QED) is 0.234. The predicted molar refractivity (Wildman–Crippen MR) is 166 cm³/mol. The molecule has 2 fully saturated rings. The third kappa shape index (κ3) is 16.2. The van der Waals surface area contributed by atoms with Crippen molar-refractivity contribution < 1.29 is 19.1 Å². The number of hydrogen-bond acceptors (Lipinski definition) is 8. The Morgan fingerprint density at radius 2 is 1.82 bits per heavy atom. The number of piperidine rings is 1. The summed E-state index contributed by atoms with van der Waals surface area (Å²) in [6.07, 6.45) is 15.3. The number of nitrogens with zero attached hydrogens (tertiary/aromatic N) is 2. The minimum Gasteiger partial charge on any atom is -0.381 e. The first kappa shape index (κ1) is 37.9. The highest BCUT2D eigenvalue weighted by atomic mass is 35.5. The average molecular weight is 600 g/mol. The molecule has 2 aliphatic heterocycles. The predicted octanol–water partition coefficient (Wildman–Crippen LogP) is 3.71. The van der Waals surface area contributed by atoms with E-state index in [1.54, 1.807) is 0 Å². The number of alkyl halides is 1. The lowest BCUT2D eigenvalue weighted by Crippen LogP contribution is -2.32. The molecule has 0 saturated carbocycles. The highest BCUT2D eigenvalue weighted by molar-refractivity contribution is 7.11. The van der Waals surface area contributed by atoms with E-state index in [1.807, 2.05) is 18.1 Å². The van der Waals surface area contributed by atoms with Crippen molar-refractivity contribution >= 4 is 48.1 Å². The van der Waals surface area contributed by atoms with Crippen molar-refractivity contribution in [3.8, 4) is 0 Å². The first-order chi connectivity index (χ1) is 19.3. The van der Waals surface area contributed by atoms with E-state index in [2.05, 4.69) is 40.8 Å². The van der Waals surface area contributed by atoms with E-state index in [0.29, 0.717) is 5.92 Å². The fraction of sp³-hybridized carbons (Fsp3) is 0.655. The Morgan fingerprint density at radius 3 is 2.40 bits per heavy atom. The van der Waals surface area contributed by atoms with Crippen LogP contribution in [0.15, 0.2) is 18.2 Å². The fourth-order valence-corrected chi connectivity index (χ4v) is 6.56. The van der Waals surface area contributed by atoms with Crippen molar-refractivity contribution in [1.82, 2.24) is 9.88 Å². The van der Waals surface area contributed by atoms with Crippen LogP contribution in [-0.2, 0) is 32.0 Å². The monoisotopic (exact) mass is 599 g/mol. The Morgan fingerprint density at radius 1 is 1.25 bits per heavy atom. The van der Waals surface area contributed by atoms with Gasteiger partial charge in [0.2, 0.25) is 12.3 Å². The van der Waals surface area contributed by atoms with Gasteiger partial charge in [-0.25, -0.2) is 4.98 Å². The smallest absolute Gasteiger partial charge is 0.214 e. The highest BCUT2D eigenvalue weighted by Crippen LogP contribution is 2.34. The zero-order chi connectivity index (χ0) is 30.3. The summed E-state index contributed by atoms with van der Waals surface area (Å²) in [5, 5.41) is 1.41. The normalized spacial score (nSPS) is 18.9. The van der Waals surface area contributed by atoms with Crippen LogP contribution in [0, 0.1) is 11.8 Å². The molecule has 2 atom stereocenters. The molecule has 3 heterocycles. The van der Waals surface area contributed by atoms with Gasteiger partial charge in [0, 0.05) is 38.0 Å². The number of carbonyl (C=O) groups is 3. The number of nitrogens with two attached hydrogens (primary N) is 3. The van der Waals surface area contributed by atoms with E-state index in [-0.39, 0.29) is 17.7 Å². The summed E-state index contributed by atoms with van der Waals surface area (Å²) in [5.41, 5.74) is 15.7. The molecule has 4 rings (SSSR count). The molecule has 2 amide bonds. The van der Waals surface area contributed by atoms with E-state index >= 15 is 0 Å². The van der Waals surface area contributed by atoms with Crippen molar-refractivity contribution in [1.29, 1.82) is 0 Å². The number of carbonyl (C=O) groups excluding carboxylic acids is 3. The summed E-state index contributed by atoms with van der Waals surface area (Å²) in [6, 6.07) is 0. The van der Waals surface area contributed by atoms with Crippen molar-refractivity contribution in [2.24, 2.45) is 29.0 Å². The summed E-state index contributed by atoms with van der Waals surface area (Å²) >= 11 is 8.16. The van der Waals surface area contributed by atoms with E-state index < -0.39 is 0 Å². The number of allylic oxidation sites excluding steroid dienone is 1. The second kappa shape index (κ2) is 23.6. The van der Waals surface area contributed by atoms with Gasteiger partial charge < -0.3 is 26.7 Å². The number of rotatable bonds is 8. The molecule has 228 valence electrons. The first-order valence-corrected chi connectivity index (χ1v) is 15.1. The van der Waals surface area contributed by atoms with Crippen LogP contribution in [0.3, 0.4) is 0 Å². The zero-order valence-electron chi connectivity index (χ0n) is 24.3. The summed E-state index contributed by atoms with van der Waals surface area (Å²) in [5.74, 6) is 1.14. The van der Waals surface area contributed by atoms with Crippen LogP contribution in [0.5, 0.6) is 0 Å². The van der Waals surface area contributed by atoms with Crippen LogP contribution in [0.4, 0.5) is 0 Å². The molecule has 1 aliphatic carbocycles. The number of aryl methyl sites for hydroxylation is 1. The zero-order valence-corrected chi connectivity index (χ0v) is 25.9. The van der Waals surface area contributed by atoms with E-state index in [4.69, 9.17) is 30.9 Å². The Balaban J connectivity index is 0.00000121. The second-order valence-electron chi connectivity index (χ2n) is 9.78. The van der Waals surface area contributed by atoms with Gasteiger partial charge in [-0.15, -0.1) is 22.9 Å². The average Bonchev–Trinajstić information content (AvgIpc) is 3.36. The van der Waals surface area contributed by atoms with Crippen LogP contribution in [0.25, 0.3) is 6.08 Å². The van der Waals surface area contributed by atoms with Crippen molar-refractivity contribution in [3.05, 3.63) is 33.8 Å². The summed E-state index contributed by atoms with van der Waals surface area (Å²) in [7, 11) is 1.50. The minimum atomic E-state index is -0.333. The van der Waals surface area contributed by atoms with Gasteiger partial charge >= 0.3 is 0 Å². The molecule has 0 bridgehead atoms. The van der Waals surface area contributed by atoms with E-state index in [0.717, 1.165) is 50.6 Å². The third-order valence-electron chi connectivity index (χ3n) is 6.72. The number of likely N-dealkylation sites (tertiary alicyclic amines) is 1. The van der Waals surface area contributed by atoms with Crippen molar-refractivity contribution in [3.63, 3.8) is 0 Å². The maximum Gasteiger partial charge on any atom is 0.214 e. The molecular weight excluding hydrogens is 550 g/mol. The van der Waals surface area contributed by atoms with Crippen molar-refractivity contribution in [2.75, 3.05) is 39.9 Å². The number of hydrogen-bond donors (Lipinski definition) is 3. The molecule has 9 nitrogen and oxygen atoms in total. The van der Waals surface area contributed by atoms with Crippen LogP contribution >= 0.6 is 22.9 Å². The van der Waals surface area contributed by atoms with Gasteiger partial charge in [0.15, 0.2) is 0 Å². The van der Waals surface area contributed by atoms with Gasteiger partial charge in [0.1, 0.15) is 6.79 Å². The van der Waals surface area contributed by atoms with Gasteiger partial charge in [0.05, 0.1) is 16.1 Å². The highest BCUT2D eigenvalue weighted by Gasteiger charge is 2.26. The van der Waals surface area contributed by atoms with E-state index in [1.165, 1.54) is 81.0 Å². The van der Waals surface area contributed by atoms with Gasteiger partial charge in [0.25, 0.3) is 0 Å². The number of halogens is 1. The maximum absolute atomic E-state index is 9.22. The van der Waals surface area contributed by atoms with E-state index in [9.17, 15) is 4.79 Å². The molecule has 0 radical (unpaired) electrons. The molecule has 40 heavy (non-hydrogen) atoms. The number of aromatic nitrogens is 1. The lowest BCUT2D eigenvalue weighted by molar-refractivity contribution is -0.116. The molecule has 0 spiro atoms. The van der Waals surface area contributed by atoms with Gasteiger partial charge in [-0.05, 0) is 83.0 Å². The third-order valence-corrected chi connectivity index (χ3v) is 8.18. The topological polar surface area (TPSA) is 155 Å².